The Bertz CT molecular complexity index is 1450. The molecule has 4 aromatic rings. The Hall–Kier alpha value is -3.43. The van der Waals surface area contributed by atoms with E-state index in [9.17, 15) is 10.2 Å². The summed E-state index contributed by atoms with van der Waals surface area (Å²) in [6, 6.07) is 21.7. The van der Waals surface area contributed by atoms with Gasteiger partial charge >= 0.3 is 0 Å². The van der Waals surface area contributed by atoms with Crippen LogP contribution in [0.5, 0.6) is 11.5 Å². The van der Waals surface area contributed by atoms with Gasteiger partial charge in [0.2, 0.25) is 0 Å². The van der Waals surface area contributed by atoms with E-state index in [4.69, 9.17) is 19.2 Å². The van der Waals surface area contributed by atoms with Gasteiger partial charge in [0.15, 0.2) is 17.8 Å². The van der Waals surface area contributed by atoms with E-state index in [2.05, 4.69) is 21.6 Å². The molecule has 1 aromatic heterocycles. The zero-order chi connectivity index (χ0) is 27.0. The van der Waals surface area contributed by atoms with Gasteiger partial charge in [-0.3, -0.25) is 4.90 Å². The van der Waals surface area contributed by atoms with Crippen LogP contribution in [0.3, 0.4) is 0 Å². The number of nitrogens with zero attached hydrogens (tertiary/aromatic N) is 3. The van der Waals surface area contributed by atoms with Crippen LogP contribution in [0.4, 0.5) is 0 Å². The predicted octanol–water partition coefficient (Wildman–Crippen LogP) is 4.69. The number of aromatic nitrogens is 2. The van der Waals surface area contributed by atoms with Crippen molar-refractivity contribution in [2.45, 2.75) is 50.8 Å². The monoisotopic (exact) mass is 529 g/mol. The van der Waals surface area contributed by atoms with Crippen molar-refractivity contribution < 1.29 is 24.4 Å². The van der Waals surface area contributed by atoms with E-state index < -0.39 is 12.1 Å². The molecule has 0 bridgehead atoms. The predicted molar refractivity (Wildman–Crippen MR) is 148 cm³/mol. The first-order valence-corrected chi connectivity index (χ1v) is 13.6. The molecule has 3 heterocycles. The van der Waals surface area contributed by atoms with Crippen molar-refractivity contribution in [3.63, 3.8) is 0 Å². The first-order valence-electron chi connectivity index (χ1n) is 13.6. The molecule has 0 radical (unpaired) electrons. The summed E-state index contributed by atoms with van der Waals surface area (Å²) in [5.41, 5.74) is 4.41. The van der Waals surface area contributed by atoms with Crippen LogP contribution in [0.15, 0.2) is 66.7 Å². The molecular formula is C31H35N3O5. The average molecular weight is 530 g/mol. The normalized spacial score (nSPS) is 19.8. The minimum Gasteiger partial charge on any atom is -0.445 e. The summed E-state index contributed by atoms with van der Waals surface area (Å²) in [6.07, 6.45) is 0.518. The minimum absolute atomic E-state index is 0.388. The summed E-state index contributed by atoms with van der Waals surface area (Å²) in [6.45, 7) is 5.79. The lowest BCUT2D eigenvalue weighted by molar-refractivity contribution is -0.0685. The summed E-state index contributed by atoms with van der Waals surface area (Å²) in [5, 5.41) is 19.3. The number of fused-ring (bicyclic) bond motifs is 2. The van der Waals surface area contributed by atoms with Crippen LogP contribution < -0.4 is 9.47 Å². The summed E-state index contributed by atoms with van der Waals surface area (Å²) in [5.74, 6) is 2.19. The van der Waals surface area contributed by atoms with Crippen molar-refractivity contribution in [1.29, 1.82) is 0 Å². The van der Waals surface area contributed by atoms with Crippen LogP contribution in [0, 0.1) is 0 Å². The van der Waals surface area contributed by atoms with E-state index in [0.717, 1.165) is 66.4 Å². The third-order valence-electron chi connectivity index (χ3n) is 7.97. The fraction of sp³-hybridized carbons (Fsp3) is 0.387. The van der Waals surface area contributed by atoms with Crippen LogP contribution in [-0.2, 0) is 23.6 Å². The van der Waals surface area contributed by atoms with E-state index in [0.29, 0.717) is 24.6 Å². The average Bonchev–Trinajstić information content (AvgIpc) is 3.49. The van der Waals surface area contributed by atoms with Gasteiger partial charge in [0, 0.05) is 37.3 Å². The second-order valence-corrected chi connectivity index (χ2v) is 10.5. The third kappa shape index (κ3) is 5.01. The number of para-hydroxylation sites is 1. The number of likely N-dealkylation sites (tertiary alicyclic amines) is 1. The Balaban J connectivity index is 1.17. The maximum atomic E-state index is 9.66. The molecule has 1 unspecified atom stereocenters. The first kappa shape index (κ1) is 25.8. The Morgan fingerprint density at radius 1 is 1.03 bits per heavy atom. The second kappa shape index (κ2) is 10.6. The van der Waals surface area contributed by atoms with Crippen LogP contribution in [-0.4, -0.2) is 51.5 Å². The number of imidazole rings is 1. The Morgan fingerprint density at radius 2 is 1.82 bits per heavy atom. The molecule has 2 aliphatic heterocycles. The highest BCUT2D eigenvalue weighted by Crippen LogP contribution is 2.49. The fourth-order valence-corrected chi connectivity index (χ4v) is 5.83. The summed E-state index contributed by atoms with van der Waals surface area (Å²) < 4.78 is 20.3. The maximum absolute atomic E-state index is 9.66. The molecule has 0 amide bonds. The van der Waals surface area contributed by atoms with E-state index in [1.807, 2.05) is 49.4 Å². The zero-order valence-electron chi connectivity index (χ0n) is 22.4. The van der Waals surface area contributed by atoms with Gasteiger partial charge in [-0.1, -0.05) is 48.5 Å². The van der Waals surface area contributed by atoms with Gasteiger partial charge in [0.25, 0.3) is 5.79 Å². The van der Waals surface area contributed by atoms with Gasteiger partial charge in [-0.2, -0.15) is 0 Å². The summed E-state index contributed by atoms with van der Waals surface area (Å²) in [7, 11) is 1.68. The topological polar surface area (TPSA) is 89.2 Å². The van der Waals surface area contributed by atoms with Crippen molar-refractivity contribution in [3.8, 4) is 11.5 Å². The van der Waals surface area contributed by atoms with Gasteiger partial charge in [0.05, 0.1) is 24.2 Å². The molecule has 0 spiro atoms. The number of benzene rings is 3. The quantitative estimate of drug-likeness (QED) is 0.320. The molecule has 1 fully saturated rings. The molecule has 204 valence electrons. The van der Waals surface area contributed by atoms with Crippen molar-refractivity contribution in [2.24, 2.45) is 0 Å². The highest BCUT2D eigenvalue weighted by atomic mass is 16.7. The van der Waals surface area contributed by atoms with Crippen LogP contribution in [0.1, 0.15) is 54.5 Å². The summed E-state index contributed by atoms with van der Waals surface area (Å²) >= 11 is 0. The van der Waals surface area contributed by atoms with Gasteiger partial charge in [-0.15, -0.1) is 0 Å². The van der Waals surface area contributed by atoms with Crippen molar-refractivity contribution in [3.05, 3.63) is 89.2 Å². The van der Waals surface area contributed by atoms with Crippen LogP contribution in [0.2, 0.25) is 0 Å². The number of ether oxygens (including phenoxy) is 3. The molecule has 2 N–H and O–H groups in total. The molecule has 0 aliphatic carbocycles. The third-order valence-corrected chi connectivity index (χ3v) is 7.97. The lowest BCUT2D eigenvalue weighted by Gasteiger charge is -2.32. The fourth-order valence-electron chi connectivity index (χ4n) is 5.83. The molecule has 3 aromatic carbocycles. The Labute approximate surface area is 228 Å². The van der Waals surface area contributed by atoms with Gasteiger partial charge in [0.1, 0.15) is 5.82 Å². The van der Waals surface area contributed by atoms with Crippen LogP contribution in [0.25, 0.3) is 11.0 Å². The number of aliphatic hydroxyl groups excluding tert-OH is 1. The van der Waals surface area contributed by atoms with Gasteiger partial charge < -0.3 is 29.0 Å². The van der Waals surface area contributed by atoms with Crippen LogP contribution >= 0.6 is 0 Å². The smallest absolute Gasteiger partial charge is 0.275 e. The van der Waals surface area contributed by atoms with E-state index in [1.54, 1.807) is 19.2 Å². The molecular weight excluding hydrogens is 494 g/mol. The van der Waals surface area contributed by atoms with Crippen molar-refractivity contribution in [1.82, 2.24) is 14.5 Å². The van der Waals surface area contributed by atoms with Gasteiger partial charge in [-0.05, 0) is 50.0 Å². The molecule has 0 saturated carbocycles. The first-order chi connectivity index (χ1) is 18.9. The number of piperidine rings is 1. The number of aliphatic hydroxyl groups is 2. The molecule has 1 saturated heterocycles. The number of rotatable bonds is 8. The molecule has 39 heavy (non-hydrogen) atoms. The maximum Gasteiger partial charge on any atom is 0.275 e. The van der Waals surface area contributed by atoms with E-state index in [-0.39, 0.29) is 0 Å². The standard InChI is InChI=1S/C31H35N3O5/c1-31(23-7-4-3-5-8-23)38-27-10-6-9-24(29(27)39-31)21-13-15-33(16-14-21)20-28-32-25-12-11-22(30(35)36)19-26(25)34(28)17-18-37-2/h3-12,19,21,30,35-36H,13-18,20H2,1-2H3. The Morgan fingerprint density at radius 3 is 2.56 bits per heavy atom. The Kier molecular flexibility index (Phi) is 7.03. The molecule has 2 aliphatic rings. The summed E-state index contributed by atoms with van der Waals surface area (Å²) in [4.78, 5) is 7.34. The largest absolute Gasteiger partial charge is 0.445 e. The van der Waals surface area contributed by atoms with E-state index in [1.165, 1.54) is 5.56 Å². The number of methoxy groups -OCH3 is 1. The second-order valence-electron chi connectivity index (χ2n) is 10.5. The number of hydrogen-bond acceptors (Lipinski definition) is 7. The SMILES string of the molecule is COCCn1c(CN2CCC(c3cccc4c3OC(C)(c3ccccc3)O4)CC2)nc2ccc(C(O)O)cc21. The highest BCUT2D eigenvalue weighted by Gasteiger charge is 2.41. The number of hydrogen-bond donors (Lipinski definition) is 2. The zero-order valence-corrected chi connectivity index (χ0v) is 22.4. The van der Waals surface area contributed by atoms with Gasteiger partial charge in [-0.25, -0.2) is 4.98 Å². The molecule has 8 heteroatoms. The molecule has 1 atom stereocenters. The lowest BCUT2D eigenvalue weighted by atomic mass is 9.88. The van der Waals surface area contributed by atoms with Crippen molar-refractivity contribution in [2.75, 3.05) is 26.8 Å². The molecule has 8 nitrogen and oxygen atoms in total. The van der Waals surface area contributed by atoms with Crippen molar-refractivity contribution >= 4 is 11.0 Å². The lowest BCUT2D eigenvalue weighted by Crippen LogP contribution is -2.34. The minimum atomic E-state index is -1.51. The van der Waals surface area contributed by atoms with E-state index >= 15 is 0 Å². The highest BCUT2D eigenvalue weighted by molar-refractivity contribution is 5.77. The molecule has 6 rings (SSSR count).